The van der Waals surface area contributed by atoms with Crippen molar-refractivity contribution in [1.82, 2.24) is 10.2 Å². The van der Waals surface area contributed by atoms with Gasteiger partial charge in [0, 0.05) is 19.9 Å². The molecule has 0 aromatic carbocycles. The van der Waals surface area contributed by atoms with Gasteiger partial charge in [0.2, 0.25) is 11.8 Å². The lowest BCUT2D eigenvalue weighted by atomic mass is 9.96. The molecule has 0 aromatic heterocycles. The second-order valence-electron chi connectivity index (χ2n) is 7.79. The van der Waals surface area contributed by atoms with Crippen molar-refractivity contribution >= 4 is 24.1 Å². The average Bonchev–Trinajstić information content (AvgIpc) is 2.71. The minimum atomic E-state index is -1.59. The van der Waals surface area contributed by atoms with Crippen molar-refractivity contribution in [2.45, 2.75) is 82.4 Å². The smallest absolute Gasteiger partial charge is 0.303 e. The van der Waals surface area contributed by atoms with Crippen LogP contribution in [0.1, 0.15) is 33.6 Å². The molecule has 1 saturated heterocycles. The van der Waals surface area contributed by atoms with E-state index in [1.54, 1.807) is 0 Å². The van der Waals surface area contributed by atoms with Crippen molar-refractivity contribution < 1.29 is 49.1 Å². The molecule has 0 bridgehead atoms. The molecule has 2 amide bonds. The number of aliphatic hydroxyl groups excluding tert-OH is 3. The van der Waals surface area contributed by atoms with Gasteiger partial charge in [0.15, 0.2) is 6.29 Å². The number of hydrogen-bond acceptors (Lipinski definition) is 10. The van der Waals surface area contributed by atoms with Crippen LogP contribution in [0.3, 0.4) is 0 Å². The standard InChI is InChI=1S/C19H33N3O10/c1-9(6-22(18(29)10(2)20)12(7-23)4-5-14(26)27)31-17-15(21-11(3)25)19(30)32-13(8-24)16(17)28/h7,9-10,12-13,15-17,19,24,28,30H,4-6,8,20H2,1-3H3,(H,21,25)(H,26,27)/t9?,10-,12+,13+,15+,16+,17+,19-/m0/s1. The third-order valence-electron chi connectivity index (χ3n) is 4.97. The normalized spacial score (nSPS) is 28.3. The molecule has 7 N–H and O–H groups in total. The summed E-state index contributed by atoms with van der Waals surface area (Å²) >= 11 is 0. The first-order valence-corrected chi connectivity index (χ1v) is 10.2. The number of nitrogens with one attached hydrogen (secondary N) is 1. The quantitative estimate of drug-likeness (QED) is 0.160. The minimum absolute atomic E-state index is 0.135. The molecule has 32 heavy (non-hydrogen) atoms. The van der Waals surface area contributed by atoms with Crippen molar-refractivity contribution in [3.05, 3.63) is 0 Å². The predicted octanol–water partition coefficient (Wildman–Crippen LogP) is -3.06. The minimum Gasteiger partial charge on any atom is -0.481 e. The van der Waals surface area contributed by atoms with Crippen LogP contribution in [0.15, 0.2) is 0 Å². The second-order valence-corrected chi connectivity index (χ2v) is 7.79. The molecule has 13 nitrogen and oxygen atoms in total. The van der Waals surface area contributed by atoms with Crippen LogP contribution >= 0.6 is 0 Å². The third-order valence-corrected chi connectivity index (χ3v) is 4.97. The lowest BCUT2D eigenvalue weighted by Crippen LogP contribution is -2.65. The summed E-state index contributed by atoms with van der Waals surface area (Å²) in [6, 6.07) is -3.23. The molecule has 0 saturated carbocycles. The maximum absolute atomic E-state index is 12.6. The monoisotopic (exact) mass is 463 g/mol. The summed E-state index contributed by atoms with van der Waals surface area (Å²) in [5.41, 5.74) is 5.67. The number of carbonyl (C=O) groups is 4. The number of aliphatic hydroxyl groups is 3. The van der Waals surface area contributed by atoms with Crippen molar-refractivity contribution in [3.63, 3.8) is 0 Å². The number of aldehydes is 1. The SMILES string of the molecule is CC(=O)N[C@@H]1[C@@H](OC(C)CN(C(=O)[C@H](C)N)[C@@H](C=O)CCC(=O)O)[C@H](O)[C@@H](CO)O[C@@H]1O. The van der Waals surface area contributed by atoms with Crippen LogP contribution in [-0.4, -0.2) is 111 Å². The van der Waals surface area contributed by atoms with Gasteiger partial charge in [-0.3, -0.25) is 14.4 Å². The Balaban J connectivity index is 3.06. The first kappa shape index (κ1) is 27.9. The number of aliphatic carboxylic acids is 1. The van der Waals surface area contributed by atoms with Crippen molar-refractivity contribution in [2.75, 3.05) is 13.2 Å². The Kier molecular flexibility index (Phi) is 11.1. The Hall–Kier alpha value is -2.16. The van der Waals surface area contributed by atoms with Crippen LogP contribution in [-0.2, 0) is 28.7 Å². The number of nitrogens with two attached hydrogens (primary N) is 1. The molecule has 1 fully saturated rings. The molecule has 1 heterocycles. The van der Waals surface area contributed by atoms with E-state index < -0.39 is 73.2 Å². The number of carbonyl (C=O) groups excluding carboxylic acids is 3. The summed E-state index contributed by atoms with van der Waals surface area (Å²) in [4.78, 5) is 47.7. The van der Waals surface area contributed by atoms with E-state index in [4.69, 9.17) is 20.3 Å². The summed E-state index contributed by atoms with van der Waals surface area (Å²) in [6.45, 7) is 3.31. The summed E-state index contributed by atoms with van der Waals surface area (Å²) in [5.74, 6) is -2.28. The molecule has 1 aliphatic heterocycles. The van der Waals surface area contributed by atoms with Crippen LogP contribution in [0.5, 0.6) is 0 Å². The zero-order valence-electron chi connectivity index (χ0n) is 18.3. The topological polar surface area (TPSA) is 209 Å². The van der Waals surface area contributed by atoms with Crippen LogP contribution in [0.2, 0.25) is 0 Å². The molecule has 8 atom stereocenters. The predicted molar refractivity (Wildman–Crippen MR) is 108 cm³/mol. The van der Waals surface area contributed by atoms with Gasteiger partial charge in [0.1, 0.15) is 30.6 Å². The molecular formula is C19H33N3O10. The molecule has 0 aliphatic carbocycles. The van der Waals surface area contributed by atoms with E-state index in [0.717, 1.165) is 4.90 Å². The molecule has 0 radical (unpaired) electrons. The Morgan fingerprint density at radius 3 is 2.38 bits per heavy atom. The highest BCUT2D eigenvalue weighted by Crippen LogP contribution is 2.24. The maximum atomic E-state index is 12.6. The number of nitrogens with zero attached hydrogens (tertiary/aromatic N) is 1. The Labute approximate surface area is 185 Å². The van der Waals surface area contributed by atoms with Gasteiger partial charge in [0.05, 0.1) is 24.8 Å². The van der Waals surface area contributed by atoms with E-state index in [1.807, 2.05) is 0 Å². The fraction of sp³-hybridized carbons (Fsp3) is 0.789. The summed E-state index contributed by atoms with van der Waals surface area (Å²) in [7, 11) is 0. The molecule has 1 unspecified atom stereocenters. The highest BCUT2D eigenvalue weighted by atomic mass is 16.6. The van der Waals surface area contributed by atoms with E-state index in [-0.39, 0.29) is 19.4 Å². The van der Waals surface area contributed by atoms with Crippen molar-refractivity contribution in [3.8, 4) is 0 Å². The van der Waals surface area contributed by atoms with Gasteiger partial charge in [-0.1, -0.05) is 0 Å². The molecule has 0 spiro atoms. The summed E-state index contributed by atoms with van der Waals surface area (Å²) in [5, 5.41) is 41.4. The molecule has 1 aliphatic rings. The largest absolute Gasteiger partial charge is 0.481 e. The van der Waals surface area contributed by atoms with Gasteiger partial charge in [-0.2, -0.15) is 0 Å². The first-order chi connectivity index (χ1) is 14.9. The first-order valence-electron chi connectivity index (χ1n) is 10.2. The van der Waals surface area contributed by atoms with Gasteiger partial charge in [-0.05, 0) is 20.3 Å². The van der Waals surface area contributed by atoms with Crippen LogP contribution in [0, 0.1) is 0 Å². The van der Waals surface area contributed by atoms with Gasteiger partial charge in [0.25, 0.3) is 0 Å². The summed E-state index contributed by atoms with van der Waals surface area (Å²) < 4.78 is 10.9. The molecule has 0 aromatic rings. The molecule has 1 rings (SSSR count). The van der Waals surface area contributed by atoms with Crippen molar-refractivity contribution in [2.24, 2.45) is 5.73 Å². The molecular weight excluding hydrogens is 430 g/mol. The molecule has 13 heteroatoms. The van der Waals surface area contributed by atoms with E-state index >= 15 is 0 Å². The lowest BCUT2D eigenvalue weighted by molar-refractivity contribution is -0.268. The average molecular weight is 463 g/mol. The van der Waals surface area contributed by atoms with Gasteiger partial charge >= 0.3 is 5.97 Å². The summed E-state index contributed by atoms with van der Waals surface area (Å²) in [6.07, 6.45) is -6.33. The number of carboxylic acids is 1. The van der Waals surface area contributed by atoms with E-state index in [9.17, 15) is 34.5 Å². The van der Waals surface area contributed by atoms with Gasteiger partial charge in [-0.25, -0.2) is 0 Å². The van der Waals surface area contributed by atoms with E-state index in [0.29, 0.717) is 6.29 Å². The number of hydrogen-bond donors (Lipinski definition) is 6. The Morgan fingerprint density at radius 1 is 1.28 bits per heavy atom. The van der Waals surface area contributed by atoms with Crippen LogP contribution in [0.4, 0.5) is 0 Å². The fourth-order valence-electron chi connectivity index (χ4n) is 3.44. The second kappa shape index (κ2) is 12.8. The van der Waals surface area contributed by atoms with Gasteiger partial charge in [-0.15, -0.1) is 0 Å². The number of rotatable bonds is 12. The Bertz CT molecular complexity index is 661. The highest BCUT2D eigenvalue weighted by Gasteiger charge is 2.46. The zero-order valence-corrected chi connectivity index (χ0v) is 18.3. The number of ether oxygens (including phenoxy) is 2. The maximum Gasteiger partial charge on any atom is 0.303 e. The van der Waals surface area contributed by atoms with Crippen LogP contribution < -0.4 is 11.1 Å². The van der Waals surface area contributed by atoms with Crippen molar-refractivity contribution in [1.29, 1.82) is 0 Å². The van der Waals surface area contributed by atoms with Gasteiger partial charge < -0.3 is 50.6 Å². The Morgan fingerprint density at radius 2 is 1.91 bits per heavy atom. The third kappa shape index (κ3) is 7.76. The fourth-order valence-corrected chi connectivity index (χ4v) is 3.44. The highest BCUT2D eigenvalue weighted by molar-refractivity contribution is 5.84. The zero-order chi connectivity index (χ0) is 24.6. The lowest BCUT2D eigenvalue weighted by Gasteiger charge is -2.44. The number of amides is 2. The molecule has 184 valence electrons. The number of carboxylic acid groups (broad SMARTS) is 1. The van der Waals surface area contributed by atoms with Crippen LogP contribution in [0.25, 0.3) is 0 Å². The van der Waals surface area contributed by atoms with E-state index in [1.165, 1.54) is 20.8 Å². The van der Waals surface area contributed by atoms with E-state index in [2.05, 4.69) is 5.32 Å².